The molecule has 1 N–H and O–H groups in total. The predicted molar refractivity (Wildman–Crippen MR) is 100 cm³/mol. The van der Waals surface area contributed by atoms with E-state index in [2.05, 4.69) is 22.9 Å². The topological polar surface area (TPSA) is 37.3 Å². The van der Waals surface area contributed by atoms with E-state index >= 15 is 0 Å². The van der Waals surface area contributed by atoms with Gasteiger partial charge in [-0.25, -0.2) is 4.39 Å². The molecule has 0 aliphatic heterocycles. The molecule has 0 saturated heterocycles. The molecule has 4 rings (SSSR count). The molecule has 4 heteroatoms. The molecule has 0 aromatic carbocycles. The summed E-state index contributed by atoms with van der Waals surface area (Å²) >= 11 is 3.39. The quantitative estimate of drug-likeness (QED) is 0.665. The fraction of sp³-hybridized carbons (Fsp3) is 0.952. The molecule has 8 atom stereocenters. The van der Waals surface area contributed by atoms with E-state index < -0.39 is 12.3 Å². The molecule has 0 radical (unpaired) electrons. The second-order valence-corrected chi connectivity index (χ2v) is 10.4. The van der Waals surface area contributed by atoms with Crippen LogP contribution in [0.4, 0.5) is 4.39 Å². The molecule has 0 aromatic heterocycles. The number of carbonyl (C=O) groups excluding carboxylic acids is 1. The molecule has 2 nitrogen and oxygen atoms in total. The zero-order chi connectivity index (χ0) is 17.8. The number of ketones is 1. The van der Waals surface area contributed by atoms with Gasteiger partial charge in [0.1, 0.15) is 12.5 Å². The molecule has 4 aliphatic carbocycles. The lowest BCUT2D eigenvalue weighted by Gasteiger charge is -2.56. The molecule has 142 valence electrons. The SMILES string of the molecule is C[C@]12CC[C@H]3[C@@H](CC[C@H]4C[C@@](O)(CF)CC[C@@H]43)[C@@H]1CCC2C(=O)CBr. The van der Waals surface area contributed by atoms with Crippen LogP contribution < -0.4 is 0 Å². The largest absolute Gasteiger partial charge is 0.387 e. The minimum atomic E-state index is -1.04. The minimum absolute atomic E-state index is 0.202. The highest BCUT2D eigenvalue weighted by atomic mass is 79.9. The van der Waals surface area contributed by atoms with Crippen LogP contribution in [0.15, 0.2) is 0 Å². The predicted octanol–water partition coefficient (Wildman–Crippen LogP) is 4.92. The van der Waals surface area contributed by atoms with Crippen molar-refractivity contribution in [2.45, 2.75) is 70.3 Å². The van der Waals surface area contributed by atoms with Gasteiger partial charge < -0.3 is 5.11 Å². The summed E-state index contributed by atoms with van der Waals surface area (Å²) in [6.07, 6.45) is 9.39. The molecule has 1 unspecified atom stereocenters. The van der Waals surface area contributed by atoms with Gasteiger partial charge in [-0.3, -0.25) is 4.79 Å². The lowest BCUT2D eigenvalue weighted by molar-refractivity contribution is -0.131. The van der Waals surface area contributed by atoms with Crippen LogP contribution in [0.5, 0.6) is 0 Å². The van der Waals surface area contributed by atoms with Crippen LogP contribution >= 0.6 is 15.9 Å². The van der Waals surface area contributed by atoms with E-state index in [1.165, 1.54) is 25.7 Å². The zero-order valence-corrected chi connectivity index (χ0v) is 16.9. The van der Waals surface area contributed by atoms with Crippen molar-refractivity contribution in [3.63, 3.8) is 0 Å². The van der Waals surface area contributed by atoms with Crippen molar-refractivity contribution in [1.82, 2.24) is 0 Å². The van der Waals surface area contributed by atoms with E-state index in [0.29, 0.717) is 41.7 Å². The Labute approximate surface area is 159 Å². The lowest BCUT2D eigenvalue weighted by atomic mass is 9.49. The number of alkyl halides is 2. The number of hydrogen-bond donors (Lipinski definition) is 1. The maximum absolute atomic E-state index is 13.2. The highest BCUT2D eigenvalue weighted by molar-refractivity contribution is 9.09. The van der Waals surface area contributed by atoms with Crippen molar-refractivity contribution in [3.05, 3.63) is 0 Å². The number of carbonyl (C=O) groups is 1. The van der Waals surface area contributed by atoms with Gasteiger partial charge in [-0.1, -0.05) is 22.9 Å². The maximum Gasteiger partial charge on any atom is 0.147 e. The van der Waals surface area contributed by atoms with Crippen molar-refractivity contribution in [2.24, 2.45) is 40.9 Å². The van der Waals surface area contributed by atoms with Gasteiger partial charge in [0.25, 0.3) is 0 Å². The summed E-state index contributed by atoms with van der Waals surface area (Å²) in [4.78, 5) is 12.5. The summed E-state index contributed by atoms with van der Waals surface area (Å²) in [7, 11) is 0. The molecule has 0 aromatic rings. The molecule has 0 spiro atoms. The Kier molecular flexibility index (Phi) is 4.84. The van der Waals surface area contributed by atoms with Crippen molar-refractivity contribution in [1.29, 1.82) is 0 Å². The van der Waals surface area contributed by atoms with Crippen LogP contribution in [0.25, 0.3) is 0 Å². The highest BCUT2D eigenvalue weighted by Crippen LogP contribution is 2.64. The Morgan fingerprint density at radius 3 is 2.56 bits per heavy atom. The second kappa shape index (κ2) is 6.58. The van der Waals surface area contributed by atoms with Gasteiger partial charge in [0.2, 0.25) is 0 Å². The van der Waals surface area contributed by atoms with Crippen LogP contribution in [0.1, 0.15) is 64.7 Å². The van der Waals surface area contributed by atoms with E-state index in [0.717, 1.165) is 31.1 Å². The summed E-state index contributed by atoms with van der Waals surface area (Å²) < 4.78 is 13.2. The van der Waals surface area contributed by atoms with Crippen LogP contribution in [-0.2, 0) is 4.79 Å². The third-order valence-corrected chi connectivity index (χ3v) is 9.43. The number of hydrogen-bond acceptors (Lipinski definition) is 2. The van der Waals surface area contributed by atoms with E-state index in [1.807, 2.05) is 0 Å². The third-order valence-electron chi connectivity index (χ3n) is 8.87. The van der Waals surface area contributed by atoms with Gasteiger partial charge in [-0.05, 0) is 92.8 Å². The van der Waals surface area contributed by atoms with Crippen LogP contribution in [-0.4, -0.2) is 28.5 Å². The summed E-state index contributed by atoms with van der Waals surface area (Å²) in [6.45, 7) is 1.81. The highest BCUT2D eigenvalue weighted by Gasteiger charge is 2.58. The average molecular weight is 415 g/mol. The van der Waals surface area contributed by atoms with Crippen molar-refractivity contribution in [2.75, 3.05) is 12.0 Å². The fourth-order valence-corrected chi connectivity index (χ4v) is 8.10. The van der Waals surface area contributed by atoms with Gasteiger partial charge in [0.15, 0.2) is 0 Å². The Balaban J connectivity index is 1.52. The number of fused-ring (bicyclic) bond motifs is 5. The number of rotatable bonds is 3. The first-order chi connectivity index (χ1) is 11.9. The molecular formula is C21H32BrFO2. The summed E-state index contributed by atoms with van der Waals surface area (Å²) in [6, 6.07) is 0. The number of halogens is 2. The molecule has 4 saturated carbocycles. The average Bonchev–Trinajstić information content (AvgIpc) is 2.98. The van der Waals surface area contributed by atoms with Gasteiger partial charge in [-0.2, -0.15) is 0 Å². The van der Waals surface area contributed by atoms with Crippen LogP contribution in [0.2, 0.25) is 0 Å². The first kappa shape index (κ1) is 18.4. The molecule has 4 fully saturated rings. The van der Waals surface area contributed by atoms with E-state index in [-0.39, 0.29) is 11.3 Å². The summed E-state index contributed by atoms with van der Waals surface area (Å²) in [5, 5.41) is 10.9. The van der Waals surface area contributed by atoms with Crippen molar-refractivity contribution >= 4 is 21.7 Å². The number of aliphatic hydroxyl groups is 1. The smallest absolute Gasteiger partial charge is 0.147 e. The third kappa shape index (κ3) is 2.85. The maximum atomic E-state index is 13.2. The first-order valence-electron chi connectivity index (χ1n) is 10.3. The molecular weight excluding hydrogens is 383 g/mol. The molecule has 0 bridgehead atoms. The summed E-state index contributed by atoms with van der Waals surface area (Å²) in [5.74, 6) is 4.05. The molecule has 25 heavy (non-hydrogen) atoms. The van der Waals surface area contributed by atoms with Gasteiger partial charge in [0.05, 0.1) is 10.9 Å². The van der Waals surface area contributed by atoms with Crippen LogP contribution in [0, 0.1) is 40.9 Å². The van der Waals surface area contributed by atoms with Crippen molar-refractivity contribution < 1.29 is 14.3 Å². The monoisotopic (exact) mass is 414 g/mol. The molecule has 0 heterocycles. The number of Topliss-reactive ketones (excluding diaryl/α,β-unsaturated/α-hetero) is 1. The van der Waals surface area contributed by atoms with Crippen molar-refractivity contribution in [3.8, 4) is 0 Å². The van der Waals surface area contributed by atoms with Crippen LogP contribution in [0.3, 0.4) is 0 Å². The standard InChI is InChI=1S/C21H32BrFO2/c1-20-8-6-15-14-7-9-21(25,12-23)10-13(14)2-3-16(15)17(20)4-5-18(20)19(24)11-22/h13-18,25H,2-12H2,1H3/t13-,14-,15+,16+,17-,18?,20-,21+/m0/s1. The lowest BCUT2D eigenvalue weighted by Crippen LogP contribution is -2.52. The van der Waals surface area contributed by atoms with E-state index in [1.54, 1.807) is 0 Å². The normalized spacial score (nSPS) is 52.2. The molecule has 4 aliphatic rings. The fourth-order valence-electron chi connectivity index (χ4n) is 7.71. The minimum Gasteiger partial charge on any atom is -0.387 e. The second-order valence-electron chi connectivity index (χ2n) is 9.81. The molecule has 0 amide bonds. The Hall–Kier alpha value is 0.0400. The van der Waals surface area contributed by atoms with E-state index in [4.69, 9.17) is 0 Å². The van der Waals surface area contributed by atoms with E-state index in [9.17, 15) is 14.3 Å². The van der Waals surface area contributed by atoms with Gasteiger partial charge in [0, 0.05) is 5.92 Å². The van der Waals surface area contributed by atoms with Gasteiger partial charge >= 0.3 is 0 Å². The van der Waals surface area contributed by atoms with Gasteiger partial charge in [-0.15, -0.1) is 0 Å². The Morgan fingerprint density at radius 2 is 1.84 bits per heavy atom. The Bertz CT molecular complexity index is 540. The Morgan fingerprint density at radius 1 is 1.08 bits per heavy atom. The zero-order valence-electron chi connectivity index (χ0n) is 15.4. The first-order valence-corrected chi connectivity index (χ1v) is 11.4. The summed E-state index contributed by atoms with van der Waals surface area (Å²) in [5.41, 5.74) is -0.842.